The van der Waals surface area contributed by atoms with E-state index < -0.39 is 0 Å². The Morgan fingerprint density at radius 3 is 2.13 bits per heavy atom. The van der Waals surface area contributed by atoms with Crippen LogP contribution in [0, 0.1) is 5.92 Å². The molecule has 3 rings (SSSR count). The van der Waals surface area contributed by atoms with Crippen molar-refractivity contribution in [3.63, 3.8) is 0 Å². The monoisotopic (exact) mass is 408 g/mol. The van der Waals surface area contributed by atoms with Crippen molar-refractivity contribution in [2.75, 3.05) is 25.6 Å². The number of anilines is 1. The lowest BCUT2D eigenvalue weighted by Gasteiger charge is -2.33. The average Bonchev–Trinajstić information content (AvgIpc) is 3.00. The molecule has 0 bridgehead atoms. The zero-order chi connectivity index (χ0) is 21.8. The molecule has 2 atom stereocenters. The Bertz CT molecular complexity index is 819. The van der Waals surface area contributed by atoms with Gasteiger partial charge in [-0.25, -0.2) is 0 Å². The molecule has 4 nitrogen and oxygen atoms in total. The number of Topliss-reactive ketones (excluding diaryl/α,β-unsaturated/α-hetero) is 1. The number of carbonyl (C=O) groups excluding carboxylic acids is 1. The highest BCUT2D eigenvalue weighted by Gasteiger charge is 2.39. The Morgan fingerprint density at radius 2 is 1.60 bits per heavy atom. The summed E-state index contributed by atoms with van der Waals surface area (Å²) in [5.74, 6) is 1.26. The summed E-state index contributed by atoms with van der Waals surface area (Å²) < 4.78 is 5.24. The standard InChI is InChI=1S/C26H36N2O2/c1-18(2)28(19(3)4)22-12-10-21(11-13-22)26-24(25(29)17-27(26)5)16-9-20-7-14-23(30-6)15-8-20/h7-8,10-15,18-19,24,26H,9,16-17H2,1-6H3. The minimum Gasteiger partial charge on any atom is -0.497 e. The Morgan fingerprint density at radius 1 is 1.00 bits per heavy atom. The zero-order valence-electron chi connectivity index (χ0n) is 19.3. The summed E-state index contributed by atoms with van der Waals surface area (Å²) in [4.78, 5) is 17.4. The van der Waals surface area contributed by atoms with Crippen molar-refractivity contribution in [2.45, 2.75) is 58.7 Å². The number of methoxy groups -OCH3 is 1. The molecule has 30 heavy (non-hydrogen) atoms. The second kappa shape index (κ2) is 9.65. The molecule has 2 aromatic rings. The largest absolute Gasteiger partial charge is 0.497 e. The SMILES string of the molecule is COc1ccc(CCC2C(=O)CN(C)C2c2ccc(N(C(C)C)C(C)C)cc2)cc1. The Hall–Kier alpha value is -2.33. The molecular formula is C26H36N2O2. The molecule has 2 aromatic carbocycles. The first-order valence-corrected chi connectivity index (χ1v) is 11.1. The van der Waals surface area contributed by atoms with Gasteiger partial charge in [-0.05, 0) is 83.0 Å². The van der Waals surface area contributed by atoms with Crippen LogP contribution in [0.3, 0.4) is 0 Å². The third-order valence-corrected chi connectivity index (χ3v) is 6.22. The number of hydrogen-bond acceptors (Lipinski definition) is 4. The molecule has 1 heterocycles. The summed E-state index contributed by atoms with van der Waals surface area (Å²) >= 11 is 0. The lowest BCUT2D eigenvalue weighted by atomic mass is 9.88. The van der Waals surface area contributed by atoms with Crippen LogP contribution in [0.2, 0.25) is 0 Å². The first-order valence-electron chi connectivity index (χ1n) is 11.1. The minimum absolute atomic E-state index is 0.0363. The number of ether oxygens (including phenoxy) is 1. The Labute approximate surface area is 181 Å². The average molecular weight is 409 g/mol. The van der Waals surface area contributed by atoms with E-state index in [-0.39, 0.29) is 12.0 Å². The fourth-order valence-corrected chi connectivity index (χ4v) is 4.90. The predicted molar refractivity (Wildman–Crippen MR) is 124 cm³/mol. The number of nitrogens with zero attached hydrogens (tertiary/aromatic N) is 2. The highest BCUT2D eigenvalue weighted by Crippen LogP contribution is 2.37. The van der Waals surface area contributed by atoms with Crippen molar-refractivity contribution >= 4 is 11.5 Å². The van der Waals surface area contributed by atoms with Gasteiger partial charge in [0.25, 0.3) is 0 Å². The minimum atomic E-state index is 0.0363. The first kappa shape index (κ1) is 22.4. The zero-order valence-corrected chi connectivity index (χ0v) is 19.3. The number of benzene rings is 2. The van der Waals surface area contributed by atoms with Crippen LogP contribution < -0.4 is 9.64 Å². The van der Waals surface area contributed by atoms with Crippen molar-refractivity contribution in [1.82, 2.24) is 4.90 Å². The molecule has 2 unspecified atom stereocenters. The van der Waals surface area contributed by atoms with Crippen molar-refractivity contribution in [2.24, 2.45) is 5.92 Å². The van der Waals surface area contributed by atoms with E-state index in [1.54, 1.807) is 7.11 Å². The lowest BCUT2D eigenvalue weighted by Crippen LogP contribution is -2.36. The molecule has 162 valence electrons. The van der Waals surface area contributed by atoms with E-state index in [9.17, 15) is 4.79 Å². The summed E-state index contributed by atoms with van der Waals surface area (Å²) in [6.07, 6.45) is 1.77. The lowest BCUT2D eigenvalue weighted by molar-refractivity contribution is -0.120. The van der Waals surface area contributed by atoms with Crippen LogP contribution in [0.15, 0.2) is 48.5 Å². The smallest absolute Gasteiger partial charge is 0.151 e. The third kappa shape index (κ3) is 4.86. The molecule has 1 fully saturated rings. The van der Waals surface area contributed by atoms with Crippen molar-refractivity contribution in [3.8, 4) is 5.75 Å². The molecule has 0 saturated carbocycles. The molecule has 1 aliphatic heterocycles. The number of ketones is 1. The molecule has 0 N–H and O–H groups in total. The third-order valence-electron chi connectivity index (χ3n) is 6.22. The molecule has 0 aliphatic carbocycles. The summed E-state index contributed by atoms with van der Waals surface area (Å²) in [6, 6.07) is 18.1. The number of rotatable bonds is 8. The van der Waals surface area contributed by atoms with Crippen LogP contribution in [0.1, 0.15) is 51.3 Å². The molecule has 0 amide bonds. The van der Waals surface area contributed by atoms with E-state index in [0.717, 1.165) is 18.6 Å². The number of likely N-dealkylation sites (tertiary alicyclic amines) is 1. The normalized spacial score (nSPS) is 19.7. The molecule has 0 radical (unpaired) electrons. The maximum absolute atomic E-state index is 12.8. The van der Waals surface area contributed by atoms with Crippen LogP contribution in [-0.2, 0) is 11.2 Å². The van der Waals surface area contributed by atoms with Gasteiger partial charge in [0.1, 0.15) is 5.75 Å². The molecule has 1 saturated heterocycles. The van der Waals surface area contributed by atoms with E-state index in [1.807, 2.05) is 12.1 Å². The maximum Gasteiger partial charge on any atom is 0.151 e. The summed E-state index contributed by atoms with van der Waals surface area (Å²) in [5, 5.41) is 0. The molecule has 0 spiro atoms. The van der Waals surface area contributed by atoms with E-state index in [1.165, 1.54) is 16.8 Å². The van der Waals surface area contributed by atoms with Crippen LogP contribution in [0.25, 0.3) is 0 Å². The molecule has 1 aliphatic rings. The highest BCUT2D eigenvalue weighted by molar-refractivity contribution is 5.86. The quantitative estimate of drug-likeness (QED) is 0.607. The van der Waals surface area contributed by atoms with Gasteiger partial charge < -0.3 is 9.64 Å². The molecular weight excluding hydrogens is 372 g/mol. The van der Waals surface area contributed by atoms with Crippen molar-refractivity contribution in [3.05, 3.63) is 59.7 Å². The van der Waals surface area contributed by atoms with Gasteiger partial charge in [0.05, 0.1) is 13.7 Å². The van der Waals surface area contributed by atoms with Gasteiger partial charge in [-0.2, -0.15) is 0 Å². The topological polar surface area (TPSA) is 32.8 Å². The van der Waals surface area contributed by atoms with Crippen molar-refractivity contribution < 1.29 is 9.53 Å². The van der Waals surface area contributed by atoms with Crippen LogP contribution in [0.5, 0.6) is 5.75 Å². The maximum atomic E-state index is 12.8. The van der Waals surface area contributed by atoms with Gasteiger partial charge in [-0.15, -0.1) is 0 Å². The Balaban J connectivity index is 1.76. The van der Waals surface area contributed by atoms with Gasteiger partial charge in [0.15, 0.2) is 5.78 Å². The summed E-state index contributed by atoms with van der Waals surface area (Å²) in [6.45, 7) is 9.45. The van der Waals surface area contributed by atoms with Crippen molar-refractivity contribution in [1.29, 1.82) is 0 Å². The van der Waals surface area contributed by atoms with Crippen LogP contribution >= 0.6 is 0 Å². The van der Waals surface area contributed by atoms with E-state index in [4.69, 9.17) is 4.74 Å². The molecule has 0 aromatic heterocycles. The number of carbonyl (C=O) groups is 1. The second-order valence-corrected chi connectivity index (χ2v) is 9.01. The fraction of sp³-hybridized carbons (Fsp3) is 0.500. The fourth-order valence-electron chi connectivity index (χ4n) is 4.90. The molecule has 4 heteroatoms. The van der Waals surface area contributed by atoms with E-state index in [2.05, 4.69) is 80.9 Å². The van der Waals surface area contributed by atoms with Gasteiger partial charge in [-0.3, -0.25) is 9.69 Å². The van der Waals surface area contributed by atoms with E-state index >= 15 is 0 Å². The van der Waals surface area contributed by atoms with Crippen LogP contribution in [0.4, 0.5) is 5.69 Å². The first-order chi connectivity index (χ1) is 14.3. The second-order valence-electron chi connectivity index (χ2n) is 9.01. The van der Waals surface area contributed by atoms with Gasteiger partial charge in [0, 0.05) is 29.7 Å². The van der Waals surface area contributed by atoms with E-state index in [0.29, 0.717) is 24.4 Å². The van der Waals surface area contributed by atoms with Gasteiger partial charge in [-0.1, -0.05) is 24.3 Å². The Kier molecular flexibility index (Phi) is 7.19. The number of likely N-dealkylation sites (N-methyl/N-ethyl adjacent to an activating group) is 1. The van der Waals surface area contributed by atoms with Crippen LogP contribution in [-0.4, -0.2) is 43.5 Å². The number of aryl methyl sites for hydroxylation is 1. The summed E-state index contributed by atoms with van der Waals surface area (Å²) in [5.41, 5.74) is 3.72. The van der Waals surface area contributed by atoms with Gasteiger partial charge >= 0.3 is 0 Å². The highest BCUT2D eigenvalue weighted by atomic mass is 16.5. The number of hydrogen-bond donors (Lipinski definition) is 0. The summed E-state index contributed by atoms with van der Waals surface area (Å²) in [7, 11) is 3.75. The van der Waals surface area contributed by atoms with Gasteiger partial charge in [0.2, 0.25) is 0 Å². The predicted octanol–water partition coefficient (Wildman–Crippen LogP) is 5.12.